The van der Waals surface area contributed by atoms with E-state index in [1.807, 2.05) is 36.4 Å². The number of nitrogens with one attached hydrogen (secondary N) is 1. The number of rotatable bonds is 6. The lowest BCUT2D eigenvalue weighted by molar-refractivity contribution is 0.171. The van der Waals surface area contributed by atoms with E-state index in [1.54, 1.807) is 12.1 Å². The maximum absolute atomic E-state index is 14.0. The Morgan fingerprint density at radius 1 is 1.03 bits per heavy atom. The van der Waals surface area contributed by atoms with Crippen LogP contribution in [0.15, 0.2) is 59.1 Å². The molecule has 0 spiro atoms. The first-order valence-electron chi connectivity index (χ1n) is 9.08. The van der Waals surface area contributed by atoms with Crippen LogP contribution in [0, 0.1) is 5.82 Å². The first kappa shape index (κ1) is 19.9. The van der Waals surface area contributed by atoms with Gasteiger partial charge in [-0.05, 0) is 42.5 Å². The van der Waals surface area contributed by atoms with Crippen LogP contribution < -0.4 is 19.5 Å². The molecule has 4 rings (SSSR count). The van der Waals surface area contributed by atoms with E-state index in [1.165, 1.54) is 6.07 Å². The number of benzene rings is 3. The van der Waals surface area contributed by atoms with Gasteiger partial charge >= 0.3 is 0 Å². The third-order valence-electron chi connectivity index (χ3n) is 4.48. The molecule has 0 aliphatic carbocycles. The Morgan fingerprint density at radius 2 is 1.86 bits per heavy atom. The van der Waals surface area contributed by atoms with E-state index in [0.717, 1.165) is 27.2 Å². The van der Waals surface area contributed by atoms with E-state index in [4.69, 9.17) is 25.8 Å². The maximum atomic E-state index is 14.0. The Bertz CT molecular complexity index is 1010. The summed E-state index contributed by atoms with van der Waals surface area (Å²) in [4.78, 5) is 0. The Balaban J connectivity index is 1.48. The number of fused-ring (bicyclic) bond motifs is 1. The van der Waals surface area contributed by atoms with E-state index in [9.17, 15) is 4.39 Å². The van der Waals surface area contributed by atoms with Crippen molar-refractivity contribution >= 4 is 33.2 Å². The molecule has 0 amide bonds. The molecule has 0 unspecified atom stereocenters. The minimum atomic E-state index is -0.384. The third kappa shape index (κ3) is 4.77. The summed E-state index contributed by atoms with van der Waals surface area (Å²) in [5.41, 5.74) is 2.15. The Morgan fingerprint density at radius 3 is 2.69 bits per heavy atom. The van der Waals surface area contributed by atoms with Crippen molar-refractivity contribution in [2.24, 2.45) is 0 Å². The van der Waals surface area contributed by atoms with Crippen LogP contribution >= 0.6 is 27.5 Å². The number of anilines is 1. The van der Waals surface area contributed by atoms with Crippen molar-refractivity contribution in [3.05, 3.63) is 81.0 Å². The second kappa shape index (κ2) is 8.93. The molecular weight excluding hydrogens is 461 g/mol. The largest absolute Gasteiger partial charge is 0.488 e. The van der Waals surface area contributed by atoms with Gasteiger partial charge in [0, 0.05) is 33.9 Å². The predicted octanol–water partition coefficient (Wildman–Crippen LogP) is 6.20. The van der Waals surface area contributed by atoms with Gasteiger partial charge in [0.25, 0.3) is 0 Å². The van der Waals surface area contributed by atoms with Crippen LogP contribution in [0.3, 0.4) is 0 Å². The van der Waals surface area contributed by atoms with E-state index >= 15 is 0 Å². The molecule has 1 aliphatic rings. The molecule has 0 fully saturated rings. The van der Waals surface area contributed by atoms with Crippen LogP contribution in [-0.4, -0.2) is 13.2 Å². The van der Waals surface area contributed by atoms with Gasteiger partial charge < -0.3 is 19.5 Å². The zero-order valence-electron chi connectivity index (χ0n) is 15.4. The van der Waals surface area contributed by atoms with Crippen molar-refractivity contribution in [3.8, 4) is 17.2 Å². The summed E-state index contributed by atoms with van der Waals surface area (Å²) in [6.07, 6.45) is 0. The molecule has 7 heteroatoms. The Kier molecular flexibility index (Phi) is 6.11. The summed E-state index contributed by atoms with van der Waals surface area (Å²) in [6.45, 7) is 1.66. The highest BCUT2D eigenvalue weighted by Gasteiger charge is 2.13. The molecule has 1 N–H and O–H groups in total. The quantitative estimate of drug-likeness (QED) is 0.458. The van der Waals surface area contributed by atoms with E-state index in [-0.39, 0.29) is 12.4 Å². The molecule has 0 aromatic heterocycles. The number of ether oxygens (including phenoxy) is 3. The van der Waals surface area contributed by atoms with Crippen molar-refractivity contribution in [1.82, 2.24) is 0 Å². The van der Waals surface area contributed by atoms with Gasteiger partial charge in [-0.25, -0.2) is 4.39 Å². The fourth-order valence-electron chi connectivity index (χ4n) is 3.00. The highest BCUT2D eigenvalue weighted by Crippen LogP contribution is 2.33. The van der Waals surface area contributed by atoms with Gasteiger partial charge in [-0.3, -0.25) is 0 Å². The molecule has 0 saturated carbocycles. The Hall–Kier alpha value is -2.44. The van der Waals surface area contributed by atoms with Crippen molar-refractivity contribution in [2.75, 3.05) is 18.5 Å². The van der Waals surface area contributed by atoms with Gasteiger partial charge in [0.05, 0.1) is 5.02 Å². The first-order valence-corrected chi connectivity index (χ1v) is 10.2. The molecule has 4 nitrogen and oxygen atoms in total. The van der Waals surface area contributed by atoms with E-state index in [2.05, 4.69) is 21.2 Å². The molecule has 3 aromatic carbocycles. The van der Waals surface area contributed by atoms with Crippen molar-refractivity contribution in [3.63, 3.8) is 0 Å². The third-order valence-corrected chi connectivity index (χ3v) is 5.33. The minimum absolute atomic E-state index is 0.0458. The summed E-state index contributed by atoms with van der Waals surface area (Å²) >= 11 is 9.59. The molecule has 29 heavy (non-hydrogen) atoms. The number of halogens is 3. The summed E-state index contributed by atoms with van der Waals surface area (Å²) < 4.78 is 32.0. The van der Waals surface area contributed by atoms with Crippen LogP contribution in [0.5, 0.6) is 17.2 Å². The molecule has 150 valence electrons. The molecule has 0 saturated heterocycles. The molecule has 0 atom stereocenters. The summed E-state index contributed by atoms with van der Waals surface area (Å²) in [5, 5.41) is 3.71. The van der Waals surface area contributed by atoms with Gasteiger partial charge in [-0.2, -0.15) is 0 Å². The van der Waals surface area contributed by atoms with Gasteiger partial charge in [0.15, 0.2) is 11.5 Å². The van der Waals surface area contributed by atoms with Crippen LogP contribution in [0.2, 0.25) is 5.02 Å². The smallest absolute Gasteiger partial charge is 0.163 e. The van der Waals surface area contributed by atoms with Gasteiger partial charge in [-0.15, -0.1) is 0 Å². The van der Waals surface area contributed by atoms with Crippen molar-refractivity contribution in [1.29, 1.82) is 0 Å². The Labute approximate surface area is 181 Å². The zero-order valence-corrected chi connectivity index (χ0v) is 17.7. The molecule has 0 bridgehead atoms. The normalized spacial score (nSPS) is 12.5. The van der Waals surface area contributed by atoms with E-state index < -0.39 is 0 Å². The predicted molar refractivity (Wildman–Crippen MR) is 115 cm³/mol. The van der Waals surface area contributed by atoms with E-state index in [0.29, 0.717) is 36.1 Å². The first-order chi connectivity index (χ1) is 14.1. The van der Waals surface area contributed by atoms with Crippen LogP contribution in [0.1, 0.15) is 11.1 Å². The lowest BCUT2D eigenvalue weighted by atomic mass is 10.2. The SMILES string of the molecule is Fc1cccc(Cl)c1COc1ccc(Br)cc1CNc1ccc2c(c1)OCCO2. The van der Waals surface area contributed by atoms with Crippen LogP contribution in [-0.2, 0) is 13.2 Å². The fourth-order valence-corrected chi connectivity index (χ4v) is 3.62. The maximum Gasteiger partial charge on any atom is 0.163 e. The van der Waals surface area contributed by atoms with Gasteiger partial charge in [-0.1, -0.05) is 33.6 Å². The van der Waals surface area contributed by atoms with Crippen LogP contribution in [0.25, 0.3) is 0 Å². The summed E-state index contributed by atoms with van der Waals surface area (Å²) in [6, 6.07) is 16.0. The molecule has 0 radical (unpaired) electrons. The molecular formula is C22H18BrClFNO3. The monoisotopic (exact) mass is 477 g/mol. The average Bonchev–Trinajstić information content (AvgIpc) is 2.73. The molecule has 1 heterocycles. The summed E-state index contributed by atoms with van der Waals surface area (Å²) in [7, 11) is 0. The van der Waals surface area contributed by atoms with Gasteiger partial charge in [0.2, 0.25) is 0 Å². The van der Waals surface area contributed by atoms with Crippen molar-refractivity contribution < 1.29 is 18.6 Å². The molecule has 1 aliphatic heterocycles. The number of hydrogen-bond acceptors (Lipinski definition) is 4. The lowest BCUT2D eigenvalue weighted by Crippen LogP contribution is -2.15. The highest BCUT2D eigenvalue weighted by molar-refractivity contribution is 9.10. The zero-order chi connectivity index (χ0) is 20.2. The van der Waals surface area contributed by atoms with Gasteiger partial charge in [0.1, 0.15) is 31.4 Å². The second-order valence-electron chi connectivity index (χ2n) is 6.45. The standard InChI is InChI=1S/C22H18BrClFNO3/c23-15-4-6-20(29-13-17-18(24)2-1-3-19(17)25)14(10-15)12-26-16-5-7-21-22(11-16)28-9-8-27-21/h1-7,10-11,26H,8-9,12-13H2. The van der Waals surface area contributed by atoms with Crippen molar-refractivity contribution in [2.45, 2.75) is 13.2 Å². The lowest BCUT2D eigenvalue weighted by Gasteiger charge is -2.19. The summed E-state index contributed by atoms with van der Waals surface area (Å²) in [5.74, 6) is 1.74. The number of hydrogen-bond donors (Lipinski definition) is 1. The minimum Gasteiger partial charge on any atom is -0.488 e. The topological polar surface area (TPSA) is 39.7 Å². The molecule has 3 aromatic rings. The fraction of sp³-hybridized carbons (Fsp3) is 0.182. The highest BCUT2D eigenvalue weighted by atomic mass is 79.9. The van der Waals surface area contributed by atoms with Crippen LogP contribution in [0.4, 0.5) is 10.1 Å². The second-order valence-corrected chi connectivity index (χ2v) is 7.78. The average molecular weight is 479 g/mol.